The molecule has 3 heterocycles. The lowest BCUT2D eigenvalue weighted by Crippen LogP contribution is -2.19. The zero-order chi connectivity index (χ0) is 13.4. The van der Waals surface area contributed by atoms with Gasteiger partial charge in [0.1, 0.15) is 23.0 Å². The Morgan fingerprint density at radius 2 is 2.21 bits per heavy atom. The van der Waals surface area contributed by atoms with E-state index in [2.05, 4.69) is 4.98 Å². The molecule has 92 valence electrons. The fraction of sp³-hybridized carbons (Fsp3) is 0.0714. The Morgan fingerprint density at radius 3 is 2.89 bits per heavy atom. The fourth-order valence-corrected chi connectivity index (χ4v) is 2.71. The van der Waals surface area contributed by atoms with E-state index in [4.69, 9.17) is 0 Å². The van der Waals surface area contributed by atoms with Gasteiger partial charge in [-0.25, -0.2) is 4.98 Å². The summed E-state index contributed by atoms with van der Waals surface area (Å²) in [4.78, 5) is 17.7. The van der Waals surface area contributed by atoms with E-state index in [1.165, 1.54) is 15.7 Å². The molecule has 0 saturated heterocycles. The molecule has 3 rings (SSSR count). The number of hydrogen-bond donors (Lipinski definition) is 0. The number of aromatic nitrogens is 2. The third kappa shape index (κ3) is 1.74. The predicted molar refractivity (Wildman–Crippen MR) is 74.2 cm³/mol. The maximum Gasteiger partial charge on any atom is 0.276 e. The highest BCUT2D eigenvalue weighted by atomic mass is 32.1. The monoisotopic (exact) mass is 267 g/mol. The van der Waals surface area contributed by atoms with Gasteiger partial charge in [-0.15, -0.1) is 11.3 Å². The summed E-state index contributed by atoms with van der Waals surface area (Å²) < 4.78 is 1.42. The summed E-state index contributed by atoms with van der Waals surface area (Å²) >= 11 is 1.47. The minimum Gasteiger partial charge on any atom is -0.267 e. The molecule has 5 heteroatoms. The molecule has 0 aromatic carbocycles. The molecule has 0 saturated carbocycles. The summed E-state index contributed by atoms with van der Waals surface area (Å²) in [5.41, 5.74) is 1.73. The quantitative estimate of drug-likeness (QED) is 0.681. The van der Waals surface area contributed by atoms with Crippen LogP contribution in [0, 0.1) is 18.3 Å². The Bertz CT molecular complexity index is 857. The number of hydrogen-bond acceptors (Lipinski definition) is 4. The number of nitriles is 1. The van der Waals surface area contributed by atoms with Crippen molar-refractivity contribution in [3.63, 3.8) is 0 Å². The molecule has 4 nitrogen and oxygen atoms in total. The minimum absolute atomic E-state index is 0.0885. The van der Waals surface area contributed by atoms with Crippen molar-refractivity contribution in [3.8, 4) is 16.6 Å². The van der Waals surface area contributed by atoms with E-state index >= 15 is 0 Å². The SMILES string of the molecule is Cc1cccn2c(=O)c(C#N)c(-c3cccs3)nc12. The average molecular weight is 267 g/mol. The van der Waals surface area contributed by atoms with Gasteiger partial charge in [0.25, 0.3) is 5.56 Å². The zero-order valence-electron chi connectivity index (χ0n) is 10.1. The smallest absolute Gasteiger partial charge is 0.267 e. The van der Waals surface area contributed by atoms with Crippen LogP contribution in [-0.2, 0) is 0 Å². The second-order valence-corrected chi connectivity index (χ2v) is 5.06. The second kappa shape index (κ2) is 4.34. The van der Waals surface area contributed by atoms with E-state index in [0.29, 0.717) is 11.3 Å². The summed E-state index contributed by atoms with van der Waals surface area (Å²) in [5, 5.41) is 11.1. The first-order chi connectivity index (χ1) is 9.22. The normalized spacial score (nSPS) is 10.5. The van der Waals surface area contributed by atoms with Crippen molar-refractivity contribution >= 4 is 17.0 Å². The van der Waals surface area contributed by atoms with Crippen molar-refractivity contribution in [2.45, 2.75) is 6.92 Å². The molecule has 0 amide bonds. The van der Waals surface area contributed by atoms with Crippen LogP contribution in [0.15, 0.2) is 40.6 Å². The van der Waals surface area contributed by atoms with Crippen molar-refractivity contribution in [2.75, 3.05) is 0 Å². The number of aryl methyl sites for hydroxylation is 1. The van der Waals surface area contributed by atoms with Crippen molar-refractivity contribution in [1.29, 1.82) is 5.26 Å². The fourth-order valence-electron chi connectivity index (χ4n) is 1.99. The second-order valence-electron chi connectivity index (χ2n) is 4.11. The van der Waals surface area contributed by atoms with Gasteiger partial charge in [-0.3, -0.25) is 9.20 Å². The predicted octanol–water partition coefficient (Wildman–Crippen LogP) is 2.60. The van der Waals surface area contributed by atoms with E-state index in [9.17, 15) is 10.1 Å². The number of thiophene rings is 1. The van der Waals surface area contributed by atoms with Crippen LogP contribution in [0.1, 0.15) is 11.1 Å². The molecule has 0 aliphatic heterocycles. The van der Waals surface area contributed by atoms with Gasteiger partial charge in [0.2, 0.25) is 0 Å². The van der Waals surface area contributed by atoms with E-state index in [1.807, 2.05) is 36.6 Å². The summed E-state index contributed by atoms with van der Waals surface area (Å²) in [6, 6.07) is 9.39. The standard InChI is InChI=1S/C14H9N3OS/c1-9-4-2-6-17-13(9)16-12(10(8-15)14(17)18)11-5-3-7-19-11/h2-7H,1H3. The molecule has 0 spiro atoms. The first kappa shape index (κ1) is 11.6. The van der Waals surface area contributed by atoms with Crippen LogP contribution < -0.4 is 5.56 Å². The third-order valence-corrected chi connectivity index (χ3v) is 3.79. The molecule has 0 radical (unpaired) electrons. The average Bonchev–Trinajstić information content (AvgIpc) is 2.93. The highest BCUT2D eigenvalue weighted by Gasteiger charge is 2.15. The van der Waals surface area contributed by atoms with Gasteiger partial charge in [-0.05, 0) is 30.0 Å². The number of nitrogens with zero attached hydrogens (tertiary/aromatic N) is 3. The van der Waals surface area contributed by atoms with Crippen molar-refractivity contribution in [3.05, 3.63) is 57.3 Å². The molecule has 0 atom stereocenters. The van der Waals surface area contributed by atoms with Gasteiger partial charge in [0.15, 0.2) is 0 Å². The Balaban J connectivity index is 2.50. The Kier molecular flexibility index (Phi) is 2.65. The van der Waals surface area contributed by atoms with E-state index in [-0.39, 0.29) is 11.1 Å². The van der Waals surface area contributed by atoms with Crippen LogP contribution in [0.3, 0.4) is 0 Å². The molecule has 19 heavy (non-hydrogen) atoms. The third-order valence-electron chi connectivity index (χ3n) is 2.92. The van der Waals surface area contributed by atoms with Gasteiger partial charge in [-0.2, -0.15) is 5.26 Å². The summed E-state index contributed by atoms with van der Waals surface area (Å²) in [7, 11) is 0. The highest BCUT2D eigenvalue weighted by molar-refractivity contribution is 7.13. The Labute approximate surface area is 113 Å². The van der Waals surface area contributed by atoms with Crippen molar-refractivity contribution in [2.24, 2.45) is 0 Å². The number of pyridine rings is 1. The lowest BCUT2D eigenvalue weighted by Gasteiger charge is -2.06. The lowest BCUT2D eigenvalue weighted by atomic mass is 10.2. The topological polar surface area (TPSA) is 58.2 Å². The molecular weight excluding hydrogens is 258 g/mol. The molecule has 0 aliphatic carbocycles. The van der Waals surface area contributed by atoms with Crippen molar-refractivity contribution in [1.82, 2.24) is 9.38 Å². The summed E-state index contributed by atoms with van der Waals surface area (Å²) in [6.45, 7) is 1.89. The molecule has 0 unspecified atom stereocenters. The largest absolute Gasteiger partial charge is 0.276 e. The number of fused-ring (bicyclic) bond motifs is 1. The first-order valence-electron chi connectivity index (χ1n) is 5.68. The van der Waals surface area contributed by atoms with Gasteiger partial charge < -0.3 is 0 Å². The van der Waals surface area contributed by atoms with E-state index < -0.39 is 0 Å². The number of rotatable bonds is 1. The van der Waals surface area contributed by atoms with E-state index in [0.717, 1.165) is 10.4 Å². The van der Waals surface area contributed by atoms with E-state index in [1.54, 1.807) is 12.3 Å². The summed E-state index contributed by atoms with van der Waals surface area (Å²) in [6.07, 6.45) is 1.64. The van der Waals surface area contributed by atoms with Gasteiger partial charge in [-0.1, -0.05) is 12.1 Å². The van der Waals surface area contributed by atoms with Gasteiger partial charge in [0, 0.05) is 6.20 Å². The molecule has 3 aromatic heterocycles. The zero-order valence-corrected chi connectivity index (χ0v) is 10.9. The van der Waals surface area contributed by atoms with Gasteiger partial charge >= 0.3 is 0 Å². The maximum atomic E-state index is 12.3. The molecule has 0 aliphatic rings. The molecule has 3 aromatic rings. The Hall–Kier alpha value is -2.45. The molecule has 0 fully saturated rings. The van der Waals surface area contributed by atoms with Crippen molar-refractivity contribution < 1.29 is 0 Å². The molecule has 0 N–H and O–H groups in total. The van der Waals surface area contributed by atoms with Crippen LogP contribution in [-0.4, -0.2) is 9.38 Å². The Morgan fingerprint density at radius 1 is 1.37 bits per heavy atom. The molecule has 0 bridgehead atoms. The minimum atomic E-state index is -0.320. The first-order valence-corrected chi connectivity index (χ1v) is 6.56. The lowest BCUT2D eigenvalue weighted by molar-refractivity contribution is 1.03. The maximum absolute atomic E-state index is 12.3. The molecular formula is C14H9N3OS. The van der Waals surface area contributed by atoms with Crippen LogP contribution in [0.4, 0.5) is 0 Å². The summed E-state index contributed by atoms with van der Waals surface area (Å²) in [5.74, 6) is 0. The van der Waals surface area contributed by atoms with Crippen LogP contribution in [0.25, 0.3) is 16.2 Å². The van der Waals surface area contributed by atoms with Crippen LogP contribution in [0.2, 0.25) is 0 Å². The highest BCUT2D eigenvalue weighted by Crippen LogP contribution is 2.25. The van der Waals surface area contributed by atoms with Crippen LogP contribution in [0.5, 0.6) is 0 Å². The van der Waals surface area contributed by atoms with Gasteiger partial charge in [0.05, 0.1) is 4.88 Å². The van der Waals surface area contributed by atoms with Crippen LogP contribution >= 0.6 is 11.3 Å².